The molecule has 116 valence electrons. The second kappa shape index (κ2) is 10.5. The molecule has 0 rings (SSSR count). The predicted molar refractivity (Wildman–Crippen MR) is 77.3 cm³/mol. The van der Waals surface area contributed by atoms with Gasteiger partial charge in [-0.1, -0.05) is 0 Å². The SMILES string of the molecule is NCCCCC(NC(=O)CN)C(=O)NC(CS)C(=O)O. The summed E-state index contributed by atoms with van der Waals surface area (Å²) in [5.74, 6) is -2.26. The predicted octanol–water partition coefficient (Wildman–Crippen LogP) is -1.94. The van der Waals surface area contributed by atoms with Crippen LogP contribution in [0.25, 0.3) is 0 Å². The second-order valence-electron chi connectivity index (χ2n) is 4.19. The van der Waals surface area contributed by atoms with E-state index in [4.69, 9.17) is 16.6 Å². The number of amides is 2. The van der Waals surface area contributed by atoms with Gasteiger partial charge in [0.05, 0.1) is 6.54 Å². The van der Waals surface area contributed by atoms with Crippen molar-refractivity contribution in [2.24, 2.45) is 11.5 Å². The van der Waals surface area contributed by atoms with Crippen molar-refractivity contribution in [3.63, 3.8) is 0 Å². The Labute approximate surface area is 123 Å². The number of unbranched alkanes of at least 4 members (excludes halogenated alkanes) is 1. The third-order valence-corrected chi connectivity index (χ3v) is 2.95. The molecule has 2 amide bonds. The van der Waals surface area contributed by atoms with Crippen LogP contribution in [-0.4, -0.2) is 53.8 Å². The summed E-state index contributed by atoms with van der Waals surface area (Å²) >= 11 is 3.85. The minimum absolute atomic E-state index is 0.0402. The van der Waals surface area contributed by atoms with E-state index in [1.165, 1.54) is 0 Å². The van der Waals surface area contributed by atoms with E-state index in [-0.39, 0.29) is 12.3 Å². The molecule has 8 nitrogen and oxygen atoms in total. The summed E-state index contributed by atoms with van der Waals surface area (Å²) in [5.41, 5.74) is 10.5. The van der Waals surface area contributed by atoms with Gasteiger partial charge in [0.2, 0.25) is 11.8 Å². The zero-order valence-corrected chi connectivity index (χ0v) is 12.1. The van der Waals surface area contributed by atoms with E-state index in [2.05, 4.69) is 23.3 Å². The Balaban J connectivity index is 4.59. The summed E-state index contributed by atoms with van der Waals surface area (Å²) in [6, 6.07) is -1.92. The molecule has 20 heavy (non-hydrogen) atoms. The fraction of sp³-hybridized carbons (Fsp3) is 0.727. The molecular weight excluding hydrogens is 284 g/mol. The van der Waals surface area contributed by atoms with Crippen molar-refractivity contribution in [3.8, 4) is 0 Å². The molecule has 0 aromatic rings. The topological polar surface area (TPSA) is 148 Å². The van der Waals surface area contributed by atoms with Gasteiger partial charge in [0.1, 0.15) is 12.1 Å². The minimum atomic E-state index is -1.18. The van der Waals surface area contributed by atoms with Gasteiger partial charge in [-0.2, -0.15) is 12.6 Å². The molecule has 0 heterocycles. The first-order chi connectivity index (χ1) is 9.46. The van der Waals surface area contributed by atoms with Crippen LogP contribution in [0.5, 0.6) is 0 Å². The summed E-state index contributed by atoms with van der Waals surface area (Å²) in [6.45, 7) is 0.239. The molecular formula is C11H22N4O4S. The van der Waals surface area contributed by atoms with Crippen molar-refractivity contribution >= 4 is 30.4 Å². The highest BCUT2D eigenvalue weighted by molar-refractivity contribution is 7.80. The summed E-state index contributed by atoms with van der Waals surface area (Å²) in [4.78, 5) is 34.1. The average molecular weight is 306 g/mol. The Morgan fingerprint density at radius 2 is 1.75 bits per heavy atom. The number of thiol groups is 1. The van der Waals surface area contributed by atoms with E-state index in [0.717, 1.165) is 0 Å². The van der Waals surface area contributed by atoms with Crippen LogP contribution in [0.15, 0.2) is 0 Å². The first-order valence-electron chi connectivity index (χ1n) is 6.29. The van der Waals surface area contributed by atoms with Crippen molar-refractivity contribution in [1.29, 1.82) is 0 Å². The molecule has 0 bridgehead atoms. The van der Waals surface area contributed by atoms with Gasteiger partial charge in [-0.15, -0.1) is 0 Å². The van der Waals surface area contributed by atoms with Crippen LogP contribution in [0.1, 0.15) is 19.3 Å². The van der Waals surface area contributed by atoms with Crippen molar-refractivity contribution < 1.29 is 19.5 Å². The summed E-state index contributed by atoms with van der Waals surface area (Å²) < 4.78 is 0. The summed E-state index contributed by atoms with van der Waals surface area (Å²) in [7, 11) is 0. The first kappa shape index (κ1) is 18.7. The molecule has 0 aromatic heterocycles. The lowest BCUT2D eigenvalue weighted by Crippen LogP contribution is -2.53. The molecule has 0 fully saturated rings. The van der Waals surface area contributed by atoms with Gasteiger partial charge in [0.15, 0.2) is 0 Å². The van der Waals surface area contributed by atoms with Crippen LogP contribution < -0.4 is 22.1 Å². The maximum Gasteiger partial charge on any atom is 0.327 e. The molecule has 0 aliphatic rings. The second-order valence-corrected chi connectivity index (χ2v) is 4.56. The van der Waals surface area contributed by atoms with E-state index in [1.54, 1.807) is 0 Å². The standard InChI is InChI=1S/C11H22N4O4S/c12-4-2-1-3-7(14-9(16)5-13)10(17)15-8(6-20)11(18)19/h7-8,20H,1-6,12-13H2,(H,14,16)(H,15,17)(H,18,19). The van der Waals surface area contributed by atoms with Crippen molar-refractivity contribution in [1.82, 2.24) is 10.6 Å². The monoisotopic (exact) mass is 306 g/mol. The summed E-state index contributed by atoms with van der Waals surface area (Å²) in [5, 5.41) is 13.6. The van der Waals surface area contributed by atoms with Gasteiger partial charge in [0.25, 0.3) is 0 Å². The lowest BCUT2D eigenvalue weighted by molar-refractivity contribution is -0.141. The number of carbonyl (C=O) groups is 3. The molecule has 2 unspecified atom stereocenters. The van der Waals surface area contributed by atoms with E-state index in [0.29, 0.717) is 25.8 Å². The minimum Gasteiger partial charge on any atom is -0.480 e. The van der Waals surface area contributed by atoms with Crippen LogP contribution in [0.3, 0.4) is 0 Å². The number of hydrogen-bond acceptors (Lipinski definition) is 6. The largest absolute Gasteiger partial charge is 0.480 e. The van der Waals surface area contributed by atoms with Gasteiger partial charge in [-0.05, 0) is 25.8 Å². The molecule has 0 aromatic carbocycles. The van der Waals surface area contributed by atoms with Crippen molar-refractivity contribution in [2.75, 3.05) is 18.8 Å². The van der Waals surface area contributed by atoms with Gasteiger partial charge in [0, 0.05) is 5.75 Å². The molecule has 0 aliphatic heterocycles. The highest BCUT2D eigenvalue weighted by Crippen LogP contribution is 2.02. The van der Waals surface area contributed by atoms with Gasteiger partial charge < -0.3 is 27.2 Å². The average Bonchev–Trinajstić information content (AvgIpc) is 2.42. The Kier molecular flexibility index (Phi) is 9.77. The van der Waals surface area contributed by atoms with E-state index < -0.39 is 29.9 Å². The Morgan fingerprint density at radius 1 is 1.10 bits per heavy atom. The number of nitrogens with one attached hydrogen (secondary N) is 2. The van der Waals surface area contributed by atoms with Crippen LogP contribution in [0.2, 0.25) is 0 Å². The van der Waals surface area contributed by atoms with Crippen molar-refractivity contribution in [2.45, 2.75) is 31.3 Å². The zero-order chi connectivity index (χ0) is 15.5. The van der Waals surface area contributed by atoms with E-state index in [9.17, 15) is 14.4 Å². The molecule has 0 saturated heterocycles. The molecule has 0 saturated carbocycles. The highest BCUT2D eigenvalue weighted by atomic mass is 32.1. The first-order valence-corrected chi connectivity index (χ1v) is 6.93. The van der Waals surface area contributed by atoms with Crippen LogP contribution in [-0.2, 0) is 14.4 Å². The number of carboxylic acid groups (broad SMARTS) is 1. The fourth-order valence-corrected chi connectivity index (χ4v) is 1.72. The van der Waals surface area contributed by atoms with Crippen molar-refractivity contribution in [3.05, 3.63) is 0 Å². The molecule has 0 radical (unpaired) electrons. The molecule has 2 atom stereocenters. The number of carbonyl (C=O) groups excluding carboxylic acids is 2. The molecule has 7 N–H and O–H groups in total. The number of rotatable bonds is 10. The number of aliphatic carboxylic acids is 1. The quantitative estimate of drug-likeness (QED) is 0.204. The number of hydrogen-bond donors (Lipinski definition) is 6. The maximum absolute atomic E-state index is 12.0. The lowest BCUT2D eigenvalue weighted by atomic mass is 10.1. The van der Waals surface area contributed by atoms with Gasteiger partial charge in [-0.3, -0.25) is 9.59 Å². The fourth-order valence-electron chi connectivity index (χ4n) is 1.47. The van der Waals surface area contributed by atoms with E-state index in [1.807, 2.05) is 0 Å². The number of nitrogens with two attached hydrogens (primary N) is 2. The van der Waals surface area contributed by atoms with Gasteiger partial charge in [-0.25, -0.2) is 4.79 Å². The normalized spacial score (nSPS) is 13.3. The smallest absolute Gasteiger partial charge is 0.327 e. The van der Waals surface area contributed by atoms with Gasteiger partial charge >= 0.3 is 5.97 Å². The lowest BCUT2D eigenvalue weighted by Gasteiger charge is -2.20. The maximum atomic E-state index is 12.0. The summed E-state index contributed by atoms with van der Waals surface area (Å²) in [6.07, 6.45) is 1.71. The van der Waals surface area contributed by atoms with Crippen LogP contribution in [0.4, 0.5) is 0 Å². The zero-order valence-electron chi connectivity index (χ0n) is 11.2. The molecule has 0 spiro atoms. The Hall–Kier alpha value is -1.32. The van der Waals surface area contributed by atoms with E-state index >= 15 is 0 Å². The number of carboxylic acids is 1. The third-order valence-electron chi connectivity index (χ3n) is 2.58. The Bertz CT molecular complexity index is 340. The molecule has 0 aliphatic carbocycles. The highest BCUT2D eigenvalue weighted by Gasteiger charge is 2.25. The third kappa shape index (κ3) is 7.31. The molecule has 9 heteroatoms. The van der Waals surface area contributed by atoms with Crippen LogP contribution >= 0.6 is 12.6 Å². The Morgan fingerprint density at radius 3 is 2.20 bits per heavy atom. The van der Waals surface area contributed by atoms with Crippen LogP contribution in [0, 0.1) is 0 Å².